The molecule has 5 heteroatoms. The minimum atomic E-state index is -0.238. The lowest BCUT2D eigenvalue weighted by Crippen LogP contribution is -2.56. The fourth-order valence-corrected chi connectivity index (χ4v) is 2.34. The smallest absolute Gasteiger partial charge is 0.307 e. The molecular weight excluding hydrogens is 247 g/mol. The molecule has 0 bridgehead atoms. The van der Waals surface area contributed by atoms with Crippen molar-refractivity contribution in [3.63, 3.8) is 0 Å². The van der Waals surface area contributed by atoms with Gasteiger partial charge in [-0.1, -0.05) is 0 Å². The number of carbonyl (C=O) groups is 1. The maximum atomic E-state index is 13.0. The van der Waals surface area contributed by atoms with Gasteiger partial charge in [-0.25, -0.2) is 4.39 Å². The lowest BCUT2D eigenvalue weighted by atomic mass is 10.1. The molecule has 1 aliphatic rings. The highest BCUT2D eigenvalue weighted by molar-refractivity contribution is 5.70. The van der Waals surface area contributed by atoms with E-state index in [4.69, 9.17) is 0 Å². The molecule has 1 fully saturated rings. The second-order valence-electron chi connectivity index (χ2n) is 4.86. The van der Waals surface area contributed by atoms with Crippen LogP contribution < -0.4 is 10.2 Å². The second kappa shape index (κ2) is 6.02. The van der Waals surface area contributed by atoms with Gasteiger partial charge in [0.05, 0.1) is 13.5 Å². The fraction of sp³-hybridized carbons (Fsp3) is 0.500. The molecule has 1 aromatic carbocycles. The number of anilines is 1. The van der Waals surface area contributed by atoms with Gasteiger partial charge < -0.3 is 15.0 Å². The molecule has 0 aromatic heterocycles. The van der Waals surface area contributed by atoms with E-state index in [0.29, 0.717) is 19.0 Å². The average Bonchev–Trinajstić information content (AvgIpc) is 2.42. The van der Waals surface area contributed by atoms with E-state index >= 15 is 0 Å². The number of ether oxygens (including phenoxy) is 1. The lowest BCUT2D eigenvalue weighted by Gasteiger charge is -2.40. The van der Waals surface area contributed by atoms with Crippen LogP contribution in [-0.4, -0.2) is 38.3 Å². The van der Waals surface area contributed by atoms with E-state index in [1.54, 1.807) is 12.1 Å². The van der Waals surface area contributed by atoms with Gasteiger partial charge in [-0.15, -0.1) is 0 Å². The largest absolute Gasteiger partial charge is 0.469 e. The van der Waals surface area contributed by atoms with Crippen LogP contribution in [0, 0.1) is 5.82 Å². The summed E-state index contributed by atoms with van der Waals surface area (Å²) in [5, 5.41) is 3.33. The maximum Gasteiger partial charge on any atom is 0.307 e. The van der Waals surface area contributed by atoms with Crippen LogP contribution in [0.25, 0.3) is 0 Å². The molecular formula is C14H19FN2O2. The Kier molecular flexibility index (Phi) is 4.37. The van der Waals surface area contributed by atoms with Crippen LogP contribution in [0.2, 0.25) is 0 Å². The summed E-state index contributed by atoms with van der Waals surface area (Å²) in [7, 11) is 1.39. The number of benzene rings is 1. The van der Waals surface area contributed by atoms with Crippen molar-refractivity contribution in [2.45, 2.75) is 25.4 Å². The van der Waals surface area contributed by atoms with Gasteiger partial charge in [-0.05, 0) is 31.2 Å². The first-order chi connectivity index (χ1) is 9.10. The summed E-state index contributed by atoms with van der Waals surface area (Å²) in [4.78, 5) is 13.5. The van der Waals surface area contributed by atoms with Crippen LogP contribution in [0.15, 0.2) is 24.3 Å². The fourth-order valence-electron chi connectivity index (χ4n) is 2.34. The average molecular weight is 266 g/mol. The van der Waals surface area contributed by atoms with Gasteiger partial charge in [-0.3, -0.25) is 4.79 Å². The Bertz CT molecular complexity index is 436. The molecule has 2 atom stereocenters. The molecule has 1 heterocycles. The molecule has 0 spiro atoms. The highest BCUT2D eigenvalue weighted by atomic mass is 19.1. The summed E-state index contributed by atoms with van der Waals surface area (Å²) in [6.45, 7) is 3.60. The van der Waals surface area contributed by atoms with Crippen molar-refractivity contribution in [3.8, 4) is 0 Å². The second-order valence-corrected chi connectivity index (χ2v) is 4.86. The van der Waals surface area contributed by atoms with Crippen LogP contribution in [-0.2, 0) is 9.53 Å². The highest BCUT2D eigenvalue weighted by Gasteiger charge is 2.26. The van der Waals surface area contributed by atoms with Gasteiger partial charge in [0.15, 0.2) is 0 Å². The van der Waals surface area contributed by atoms with Gasteiger partial charge in [0, 0.05) is 30.9 Å². The quantitative estimate of drug-likeness (QED) is 0.843. The summed E-state index contributed by atoms with van der Waals surface area (Å²) >= 11 is 0. The molecule has 1 aromatic rings. The molecule has 0 radical (unpaired) electrons. The van der Waals surface area contributed by atoms with Gasteiger partial charge in [0.1, 0.15) is 5.82 Å². The number of hydrogen-bond acceptors (Lipinski definition) is 4. The zero-order chi connectivity index (χ0) is 13.8. The van der Waals surface area contributed by atoms with Crippen LogP contribution in [0.3, 0.4) is 0 Å². The molecule has 1 N–H and O–H groups in total. The molecule has 4 nitrogen and oxygen atoms in total. The Labute approximate surface area is 112 Å². The number of methoxy groups -OCH3 is 1. The number of nitrogens with one attached hydrogen (secondary N) is 1. The monoisotopic (exact) mass is 266 g/mol. The van der Waals surface area contributed by atoms with E-state index in [1.807, 2.05) is 0 Å². The van der Waals surface area contributed by atoms with Gasteiger partial charge in [0.25, 0.3) is 0 Å². The number of halogens is 1. The van der Waals surface area contributed by atoms with Crippen molar-refractivity contribution >= 4 is 11.7 Å². The predicted molar refractivity (Wildman–Crippen MR) is 71.6 cm³/mol. The summed E-state index contributed by atoms with van der Waals surface area (Å²) in [5.41, 5.74) is 0.977. The number of nitrogens with zero attached hydrogens (tertiary/aromatic N) is 1. The molecule has 104 valence electrons. The van der Waals surface area contributed by atoms with E-state index in [2.05, 4.69) is 21.9 Å². The number of esters is 1. The third-order valence-corrected chi connectivity index (χ3v) is 3.45. The number of piperazine rings is 1. The number of hydrogen-bond donors (Lipinski definition) is 1. The molecule has 2 unspecified atom stereocenters. The van der Waals surface area contributed by atoms with Gasteiger partial charge >= 0.3 is 5.97 Å². The van der Waals surface area contributed by atoms with Crippen molar-refractivity contribution in [2.75, 3.05) is 25.1 Å². The highest BCUT2D eigenvalue weighted by Crippen LogP contribution is 2.20. The molecule has 0 aliphatic carbocycles. The zero-order valence-corrected chi connectivity index (χ0v) is 11.2. The van der Waals surface area contributed by atoms with Crippen molar-refractivity contribution in [2.24, 2.45) is 0 Å². The van der Waals surface area contributed by atoms with Crippen molar-refractivity contribution in [1.29, 1.82) is 0 Å². The number of carbonyl (C=O) groups excluding carboxylic acids is 1. The molecule has 0 saturated carbocycles. The van der Waals surface area contributed by atoms with E-state index < -0.39 is 0 Å². The molecule has 1 aliphatic heterocycles. The lowest BCUT2D eigenvalue weighted by molar-refractivity contribution is -0.141. The standard InChI is InChI=1S/C14H19FN2O2/c1-10-8-16-12(7-14(18)19-2)9-17(10)13-5-3-11(15)4-6-13/h3-6,10,12,16H,7-9H2,1-2H3. The Morgan fingerprint density at radius 1 is 1.47 bits per heavy atom. The summed E-state index contributed by atoms with van der Waals surface area (Å²) < 4.78 is 17.6. The topological polar surface area (TPSA) is 41.6 Å². The van der Waals surface area contributed by atoms with Crippen molar-refractivity contribution < 1.29 is 13.9 Å². The van der Waals surface area contributed by atoms with Gasteiger partial charge in [0.2, 0.25) is 0 Å². The molecule has 19 heavy (non-hydrogen) atoms. The van der Waals surface area contributed by atoms with E-state index in [9.17, 15) is 9.18 Å². The van der Waals surface area contributed by atoms with Crippen LogP contribution in [0.4, 0.5) is 10.1 Å². The normalized spacial score (nSPS) is 23.2. The minimum absolute atomic E-state index is 0.0636. The molecule has 0 amide bonds. The van der Waals surface area contributed by atoms with Gasteiger partial charge in [-0.2, -0.15) is 0 Å². The maximum absolute atomic E-state index is 13.0. The Morgan fingerprint density at radius 2 is 2.16 bits per heavy atom. The van der Waals surface area contributed by atoms with Crippen LogP contribution >= 0.6 is 0 Å². The SMILES string of the molecule is COC(=O)CC1CN(c2ccc(F)cc2)C(C)CN1. The van der Waals surface area contributed by atoms with E-state index in [0.717, 1.165) is 12.2 Å². The van der Waals surface area contributed by atoms with Crippen molar-refractivity contribution in [3.05, 3.63) is 30.1 Å². The Balaban J connectivity index is 2.06. The predicted octanol–water partition coefficient (Wildman–Crippen LogP) is 1.56. The minimum Gasteiger partial charge on any atom is -0.469 e. The van der Waals surface area contributed by atoms with Crippen LogP contribution in [0.5, 0.6) is 0 Å². The first-order valence-electron chi connectivity index (χ1n) is 6.42. The third-order valence-electron chi connectivity index (χ3n) is 3.45. The number of rotatable bonds is 3. The van der Waals surface area contributed by atoms with E-state index in [-0.39, 0.29) is 17.8 Å². The first kappa shape index (κ1) is 13.8. The Hall–Kier alpha value is -1.62. The summed E-state index contributed by atoms with van der Waals surface area (Å²) in [6, 6.07) is 6.82. The first-order valence-corrected chi connectivity index (χ1v) is 6.42. The summed E-state index contributed by atoms with van der Waals surface area (Å²) in [5.74, 6) is -0.455. The van der Waals surface area contributed by atoms with E-state index in [1.165, 1.54) is 19.2 Å². The third kappa shape index (κ3) is 3.44. The van der Waals surface area contributed by atoms with Crippen LogP contribution in [0.1, 0.15) is 13.3 Å². The molecule has 2 rings (SSSR count). The summed E-state index contributed by atoms with van der Waals surface area (Å²) in [6.07, 6.45) is 0.348. The van der Waals surface area contributed by atoms with Crippen molar-refractivity contribution in [1.82, 2.24) is 5.32 Å². The Morgan fingerprint density at radius 3 is 2.79 bits per heavy atom. The zero-order valence-electron chi connectivity index (χ0n) is 11.2. The molecule has 1 saturated heterocycles.